The molecule has 40 heavy (non-hydrogen) atoms. The highest BCUT2D eigenvalue weighted by atomic mass is 16.2. The van der Waals surface area contributed by atoms with E-state index in [4.69, 9.17) is 0 Å². The van der Waals surface area contributed by atoms with Crippen LogP contribution in [0.1, 0.15) is 59.6 Å². The van der Waals surface area contributed by atoms with Gasteiger partial charge in [0.2, 0.25) is 0 Å². The van der Waals surface area contributed by atoms with E-state index >= 15 is 0 Å². The molecule has 0 radical (unpaired) electrons. The molecule has 1 aliphatic rings. The van der Waals surface area contributed by atoms with Crippen LogP contribution in [0.5, 0.6) is 0 Å². The summed E-state index contributed by atoms with van der Waals surface area (Å²) in [6, 6.07) is 24.9. The van der Waals surface area contributed by atoms with E-state index < -0.39 is 0 Å². The second-order valence-corrected chi connectivity index (χ2v) is 10.4. The summed E-state index contributed by atoms with van der Waals surface area (Å²) in [4.78, 5) is 31.8. The van der Waals surface area contributed by atoms with E-state index in [1.165, 1.54) is 11.1 Å². The molecule has 3 aromatic carbocycles. The summed E-state index contributed by atoms with van der Waals surface area (Å²) in [6.45, 7) is 11.1. The topological polar surface area (TPSA) is 65.2 Å². The molecule has 0 saturated heterocycles. The van der Waals surface area contributed by atoms with E-state index in [1.807, 2.05) is 50.3 Å². The summed E-state index contributed by atoms with van der Waals surface area (Å²) in [5.41, 5.74) is 10.1. The smallest absolute Gasteiger partial charge is 0.256 e. The molecule has 5 heteroatoms. The van der Waals surface area contributed by atoms with Crippen molar-refractivity contribution < 1.29 is 9.59 Å². The van der Waals surface area contributed by atoms with Gasteiger partial charge < -0.3 is 15.2 Å². The highest BCUT2D eigenvalue weighted by Gasteiger charge is 2.26. The molecule has 0 saturated carbocycles. The first kappa shape index (κ1) is 27.4. The van der Waals surface area contributed by atoms with Crippen LogP contribution in [0.2, 0.25) is 0 Å². The van der Waals surface area contributed by atoms with E-state index in [-0.39, 0.29) is 11.7 Å². The Bertz CT molecular complexity index is 1560. The Kier molecular flexibility index (Phi) is 8.13. The molecule has 0 spiro atoms. The van der Waals surface area contributed by atoms with E-state index in [0.717, 1.165) is 70.9 Å². The number of Topliss-reactive ketones (excluding diaryl/α,β-unsaturated/α-hetero) is 1. The molecule has 0 atom stereocenters. The third-order valence-electron chi connectivity index (χ3n) is 7.94. The zero-order valence-electron chi connectivity index (χ0n) is 23.8. The predicted molar refractivity (Wildman–Crippen MR) is 165 cm³/mol. The van der Waals surface area contributed by atoms with Crippen molar-refractivity contribution >= 4 is 29.0 Å². The molecule has 4 aromatic rings. The van der Waals surface area contributed by atoms with Crippen molar-refractivity contribution in [2.45, 2.75) is 40.5 Å². The Hall–Kier alpha value is -4.22. The Morgan fingerprint density at radius 1 is 0.850 bits per heavy atom. The highest BCUT2D eigenvalue weighted by molar-refractivity contribution is 6.35. The average Bonchev–Trinajstić information content (AvgIpc) is 3.44. The monoisotopic (exact) mass is 531 g/mol. The van der Waals surface area contributed by atoms with Gasteiger partial charge in [-0.2, -0.15) is 0 Å². The SMILES string of the molecule is CCN(CC)CCCC(=O)c1c(C)[nH]c(/C=C2\C(=O)Nc3cc(-c4ccc(-c5ccccc5)cc4)ccc32)c1C. The first-order valence-corrected chi connectivity index (χ1v) is 14.2. The lowest BCUT2D eigenvalue weighted by Gasteiger charge is -2.17. The Morgan fingerprint density at radius 2 is 1.48 bits per heavy atom. The molecule has 1 amide bonds. The number of carbonyl (C=O) groups is 2. The summed E-state index contributed by atoms with van der Waals surface area (Å²) in [6.07, 6.45) is 3.24. The summed E-state index contributed by atoms with van der Waals surface area (Å²) in [7, 11) is 0. The number of aromatic amines is 1. The van der Waals surface area contributed by atoms with Crippen molar-refractivity contribution in [3.8, 4) is 22.3 Å². The van der Waals surface area contributed by atoms with Crippen LogP contribution in [0.4, 0.5) is 5.69 Å². The molecule has 2 N–H and O–H groups in total. The maximum absolute atomic E-state index is 13.1. The van der Waals surface area contributed by atoms with Crippen molar-refractivity contribution in [3.63, 3.8) is 0 Å². The van der Waals surface area contributed by atoms with Crippen molar-refractivity contribution in [1.29, 1.82) is 0 Å². The third kappa shape index (κ3) is 5.56. The van der Waals surface area contributed by atoms with Gasteiger partial charge in [0.15, 0.2) is 5.78 Å². The number of aryl methyl sites for hydroxylation is 1. The van der Waals surface area contributed by atoms with E-state index in [9.17, 15) is 9.59 Å². The van der Waals surface area contributed by atoms with Crippen molar-refractivity contribution in [1.82, 2.24) is 9.88 Å². The number of rotatable bonds is 10. The molecule has 1 aromatic heterocycles. The van der Waals surface area contributed by atoms with Crippen LogP contribution >= 0.6 is 0 Å². The summed E-state index contributed by atoms with van der Waals surface area (Å²) >= 11 is 0. The number of anilines is 1. The van der Waals surface area contributed by atoms with Crippen LogP contribution in [0.3, 0.4) is 0 Å². The molecule has 0 bridgehead atoms. The number of aromatic nitrogens is 1. The number of nitrogens with zero attached hydrogens (tertiary/aromatic N) is 1. The van der Waals surface area contributed by atoms with Crippen LogP contribution in [0.15, 0.2) is 72.8 Å². The van der Waals surface area contributed by atoms with E-state index in [1.54, 1.807) is 0 Å². The summed E-state index contributed by atoms with van der Waals surface area (Å²) in [5, 5.41) is 3.04. The normalized spacial score (nSPS) is 13.6. The maximum atomic E-state index is 13.1. The first-order valence-electron chi connectivity index (χ1n) is 14.2. The molecular formula is C35H37N3O2. The molecular weight excluding hydrogens is 494 g/mol. The van der Waals surface area contributed by atoms with Crippen molar-refractivity contribution in [2.24, 2.45) is 0 Å². The molecule has 2 heterocycles. The fourth-order valence-electron chi connectivity index (χ4n) is 5.61. The lowest BCUT2D eigenvalue weighted by Crippen LogP contribution is -2.24. The van der Waals surface area contributed by atoms with Gasteiger partial charge in [0.05, 0.1) is 5.57 Å². The molecule has 1 aliphatic heterocycles. The highest BCUT2D eigenvalue weighted by Crippen LogP contribution is 2.37. The standard InChI is InChI=1S/C35H37N3O2/c1-5-38(6-2)20-10-13-33(39)34-23(3)31(36-24(34)4)22-30-29-19-18-28(21-32(29)37-35(30)40)27-16-14-26(15-17-27)25-11-8-7-9-12-25/h7-9,11-12,14-19,21-22,36H,5-6,10,13,20H2,1-4H3,(H,37,40)/b30-22-. The quantitative estimate of drug-likeness (QED) is 0.162. The number of H-pyrrole nitrogens is 1. The molecule has 5 rings (SSSR count). The van der Waals surface area contributed by atoms with Crippen LogP contribution < -0.4 is 5.32 Å². The second-order valence-electron chi connectivity index (χ2n) is 10.4. The number of nitrogens with one attached hydrogen (secondary N) is 2. The maximum Gasteiger partial charge on any atom is 0.256 e. The van der Waals surface area contributed by atoms with E-state index in [2.05, 4.69) is 71.5 Å². The van der Waals surface area contributed by atoms with Gasteiger partial charge in [-0.05, 0) is 79.9 Å². The number of fused-ring (bicyclic) bond motifs is 1. The van der Waals surface area contributed by atoms with Gasteiger partial charge in [-0.1, -0.05) is 80.6 Å². The van der Waals surface area contributed by atoms with Crippen LogP contribution in [-0.2, 0) is 4.79 Å². The minimum absolute atomic E-state index is 0.134. The zero-order chi connectivity index (χ0) is 28.2. The van der Waals surface area contributed by atoms with Crippen molar-refractivity contribution in [3.05, 3.63) is 101 Å². The average molecular weight is 532 g/mol. The number of ketones is 1. The number of carbonyl (C=O) groups excluding carboxylic acids is 2. The van der Waals surface area contributed by atoms with Gasteiger partial charge in [0.1, 0.15) is 0 Å². The van der Waals surface area contributed by atoms with Gasteiger partial charge in [-0.25, -0.2) is 0 Å². The largest absolute Gasteiger partial charge is 0.358 e. The number of benzene rings is 3. The van der Waals surface area contributed by atoms with Gasteiger partial charge >= 0.3 is 0 Å². The predicted octanol–water partition coefficient (Wildman–Crippen LogP) is 7.76. The minimum atomic E-state index is -0.134. The summed E-state index contributed by atoms with van der Waals surface area (Å²) < 4.78 is 0. The summed E-state index contributed by atoms with van der Waals surface area (Å²) in [5.74, 6) is 0.0209. The molecule has 5 nitrogen and oxygen atoms in total. The second kappa shape index (κ2) is 11.9. The number of hydrogen-bond donors (Lipinski definition) is 2. The van der Waals surface area contributed by atoms with E-state index in [0.29, 0.717) is 12.0 Å². The van der Waals surface area contributed by atoms with Crippen LogP contribution in [0, 0.1) is 13.8 Å². The lowest BCUT2D eigenvalue weighted by molar-refractivity contribution is -0.110. The fraction of sp³-hybridized carbons (Fsp3) is 0.257. The number of amides is 1. The molecule has 0 fully saturated rings. The Balaban J connectivity index is 1.36. The lowest BCUT2D eigenvalue weighted by atomic mass is 9.97. The molecule has 0 unspecified atom stereocenters. The van der Waals surface area contributed by atoms with Gasteiger partial charge in [-0.3, -0.25) is 9.59 Å². The molecule has 0 aliphatic carbocycles. The third-order valence-corrected chi connectivity index (χ3v) is 7.94. The fourth-order valence-corrected chi connectivity index (χ4v) is 5.61. The van der Waals surface area contributed by atoms with Crippen LogP contribution in [-0.4, -0.2) is 41.2 Å². The van der Waals surface area contributed by atoms with Crippen LogP contribution in [0.25, 0.3) is 33.9 Å². The van der Waals surface area contributed by atoms with Gasteiger partial charge in [0, 0.05) is 34.6 Å². The Morgan fingerprint density at radius 3 is 2.15 bits per heavy atom. The zero-order valence-corrected chi connectivity index (χ0v) is 23.8. The Labute approximate surface area is 236 Å². The van der Waals surface area contributed by atoms with Gasteiger partial charge in [-0.15, -0.1) is 0 Å². The minimum Gasteiger partial charge on any atom is -0.358 e. The van der Waals surface area contributed by atoms with Crippen molar-refractivity contribution in [2.75, 3.05) is 25.0 Å². The number of hydrogen-bond acceptors (Lipinski definition) is 3. The molecule has 204 valence electrons. The van der Waals surface area contributed by atoms with Gasteiger partial charge in [0.25, 0.3) is 5.91 Å². The first-order chi connectivity index (χ1) is 19.4.